The summed E-state index contributed by atoms with van der Waals surface area (Å²) in [6.07, 6.45) is 0.906. The van der Waals surface area contributed by atoms with Gasteiger partial charge in [-0.2, -0.15) is 10.1 Å². The summed E-state index contributed by atoms with van der Waals surface area (Å²) in [4.78, 5) is 29.0. The van der Waals surface area contributed by atoms with Gasteiger partial charge in [-0.3, -0.25) is 14.3 Å². The molecule has 0 spiro atoms. The zero-order valence-corrected chi connectivity index (χ0v) is 16.0. The number of benzene rings is 1. The van der Waals surface area contributed by atoms with Crippen molar-refractivity contribution in [1.82, 2.24) is 14.3 Å². The van der Waals surface area contributed by atoms with Gasteiger partial charge in [-0.15, -0.1) is 0 Å². The fraction of sp³-hybridized carbons (Fsp3) is 0.333. The zero-order valence-electron chi connectivity index (χ0n) is 15.1. The second-order valence-corrected chi connectivity index (χ2v) is 6.92. The number of thiazole rings is 1. The topological polar surface area (TPSA) is 78.5 Å². The van der Waals surface area contributed by atoms with Gasteiger partial charge in [0.15, 0.2) is 10.5 Å². The van der Waals surface area contributed by atoms with E-state index in [1.165, 1.54) is 24.0 Å². The number of ether oxygens (including phenoxy) is 1. The summed E-state index contributed by atoms with van der Waals surface area (Å²) in [6.45, 7) is 3.94. The molecule has 8 heteroatoms. The minimum absolute atomic E-state index is 0.00463. The molecule has 26 heavy (non-hydrogen) atoms. The van der Waals surface area contributed by atoms with Crippen LogP contribution in [0.5, 0.6) is 0 Å². The average Bonchev–Trinajstić information content (AvgIpc) is 3.14. The highest BCUT2D eigenvalue weighted by Gasteiger charge is 2.14. The molecule has 2 heterocycles. The number of fused-ring (bicyclic) bond motifs is 1. The van der Waals surface area contributed by atoms with Crippen molar-refractivity contribution in [3.63, 3.8) is 0 Å². The molecule has 3 rings (SSSR count). The maximum Gasteiger partial charge on any atom is 0.325 e. The maximum absolute atomic E-state index is 12.5. The fourth-order valence-corrected chi connectivity index (χ4v) is 3.67. The van der Waals surface area contributed by atoms with Crippen LogP contribution in [0.1, 0.15) is 28.7 Å². The lowest BCUT2D eigenvalue weighted by Gasteiger charge is -2.04. The third kappa shape index (κ3) is 3.45. The molecule has 0 saturated carbocycles. The number of methoxy groups -OCH3 is 1. The van der Waals surface area contributed by atoms with Crippen molar-refractivity contribution < 1.29 is 14.3 Å². The minimum atomic E-state index is -0.436. The molecule has 0 bridgehead atoms. The van der Waals surface area contributed by atoms with Crippen molar-refractivity contribution in [1.29, 1.82) is 0 Å². The van der Waals surface area contributed by atoms with E-state index in [9.17, 15) is 9.59 Å². The smallest absolute Gasteiger partial charge is 0.325 e. The Hall–Kier alpha value is -2.74. The Morgan fingerprint density at radius 3 is 2.69 bits per heavy atom. The molecule has 0 atom stereocenters. The van der Waals surface area contributed by atoms with E-state index in [2.05, 4.69) is 23.1 Å². The van der Waals surface area contributed by atoms with Gasteiger partial charge in [0.1, 0.15) is 6.54 Å². The molecule has 0 aliphatic carbocycles. The molecule has 7 nitrogen and oxygen atoms in total. The van der Waals surface area contributed by atoms with Gasteiger partial charge in [0.2, 0.25) is 0 Å². The van der Waals surface area contributed by atoms with Crippen LogP contribution in [0.4, 0.5) is 0 Å². The van der Waals surface area contributed by atoms with Gasteiger partial charge in [-0.05, 0) is 37.1 Å². The summed E-state index contributed by atoms with van der Waals surface area (Å²) in [5.41, 5.74) is 3.18. The maximum atomic E-state index is 12.5. The summed E-state index contributed by atoms with van der Waals surface area (Å²) in [5.74, 6) is -0.832. The minimum Gasteiger partial charge on any atom is -0.468 e. The Bertz CT molecular complexity index is 1040. The van der Waals surface area contributed by atoms with Crippen molar-refractivity contribution in [2.24, 2.45) is 12.0 Å². The molecule has 0 aliphatic rings. The van der Waals surface area contributed by atoms with E-state index in [-0.39, 0.29) is 12.2 Å². The Labute approximate surface area is 154 Å². The third-order valence-electron chi connectivity index (χ3n) is 4.20. The van der Waals surface area contributed by atoms with Crippen molar-refractivity contribution >= 4 is 33.4 Å². The molecule has 0 saturated heterocycles. The van der Waals surface area contributed by atoms with E-state index in [0.717, 1.165) is 22.3 Å². The first-order chi connectivity index (χ1) is 12.4. The van der Waals surface area contributed by atoms with E-state index in [0.29, 0.717) is 4.80 Å². The molecule has 0 unspecified atom stereocenters. The Balaban J connectivity index is 2.14. The van der Waals surface area contributed by atoms with Crippen molar-refractivity contribution in [3.05, 3.63) is 46.0 Å². The summed E-state index contributed by atoms with van der Waals surface area (Å²) in [5, 5.41) is 4.17. The summed E-state index contributed by atoms with van der Waals surface area (Å²) in [6, 6.07) is 7.71. The van der Waals surface area contributed by atoms with Crippen LogP contribution in [-0.2, 0) is 29.5 Å². The van der Waals surface area contributed by atoms with Gasteiger partial charge in [-0.25, -0.2) is 0 Å². The fourth-order valence-electron chi connectivity index (χ4n) is 2.58. The number of nitrogens with zero attached hydrogens (tertiary/aromatic N) is 4. The number of aromatic nitrogens is 3. The Morgan fingerprint density at radius 2 is 2.08 bits per heavy atom. The Kier molecular flexibility index (Phi) is 5.03. The molecule has 1 amide bonds. The number of hydrogen-bond donors (Lipinski definition) is 0. The first kappa shape index (κ1) is 18.1. The van der Waals surface area contributed by atoms with Crippen molar-refractivity contribution in [3.8, 4) is 0 Å². The molecule has 1 aromatic carbocycles. The lowest BCUT2D eigenvalue weighted by Crippen LogP contribution is -2.22. The number of aryl methyl sites for hydroxylation is 3. The second-order valence-electron chi connectivity index (χ2n) is 5.91. The lowest BCUT2D eigenvalue weighted by atomic mass is 10.2. The van der Waals surface area contributed by atoms with Crippen molar-refractivity contribution in [2.45, 2.75) is 26.8 Å². The number of hydrogen-bond acceptors (Lipinski definition) is 5. The van der Waals surface area contributed by atoms with E-state index in [1.807, 2.05) is 19.1 Å². The first-order valence-corrected chi connectivity index (χ1v) is 9.03. The summed E-state index contributed by atoms with van der Waals surface area (Å²) in [7, 11) is 3.11. The molecular formula is C18H20N4O3S. The zero-order chi connectivity index (χ0) is 18.8. The molecule has 0 N–H and O–H groups in total. The monoisotopic (exact) mass is 372 g/mol. The molecular weight excluding hydrogens is 352 g/mol. The molecule has 0 radical (unpaired) electrons. The van der Waals surface area contributed by atoms with Crippen LogP contribution in [0.15, 0.2) is 29.3 Å². The average molecular weight is 372 g/mol. The molecule has 0 fully saturated rings. The quantitative estimate of drug-likeness (QED) is 0.658. The van der Waals surface area contributed by atoms with Crippen LogP contribution < -0.4 is 4.80 Å². The van der Waals surface area contributed by atoms with Gasteiger partial charge < -0.3 is 9.30 Å². The van der Waals surface area contributed by atoms with Crippen LogP contribution in [0.3, 0.4) is 0 Å². The van der Waals surface area contributed by atoms with Gasteiger partial charge in [0.25, 0.3) is 5.91 Å². The highest BCUT2D eigenvalue weighted by Crippen LogP contribution is 2.20. The van der Waals surface area contributed by atoms with Crippen LogP contribution in [0, 0.1) is 6.92 Å². The van der Waals surface area contributed by atoms with Crippen LogP contribution in [-0.4, -0.2) is 33.3 Å². The van der Waals surface area contributed by atoms with E-state index < -0.39 is 11.9 Å². The van der Waals surface area contributed by atoms with E-state index in [1.54, 1.807) is 22.4 Å². The van der Waals surface area contributed by atoms with Gasteiger partial charge >= 0.3 is 5.97 Å². The van der Waals surface area contributed by atoms with E-state index >= 15 is 0 Å². The van der Waals surface area contributed by atoms with E-state index in [4.69, 9.17) is 4.74 Å². The largest absolute Gasteiger partial charge is 0.468 e. The Morgan fingerprint density at radius 1 is 1.31 bits per heavy atom. The van der Waals surface area contributed by atoms with Crippen molar-refractivity contribution in [2.75, 3.05) is 7.11 Å². The highest BCUT2D eigenvalue weighted by molar-refractivity contribution is 7.16. The predicted octanol–water partition coefficient (Wildman–Crippen LogP) is 2.22. The highest BCUT2D eigenvalue weighted by atomic mass is 32.1. The molecule has 0 aliphatic heterocycles. The predicted molar refractivity (Wildman–Crippen MR) is 99.0 cm³/mol. The first-order valence-electron chi connectivity index (χ1n) is 8.21. The number of rotatable bonds is 4. The SMILES string of the molecule is CCc1ccc2c(c1)sc(=NC(=O)c1cc(C)n(C)n1)n2CC(=O)OC. The summed E-state index contributed by atoms with van der Waals surface area (Å²) >= 11 is 1.37. The normalized spacial score (nSPS) is 11.9. The van der Waals surface area contributed by atoms with Gasteiger partial charge in [0, 0.05) is 12.7 Å². The standard InChI is InChI=1S/C18H20N4O3S/c1-5-12-6-7-14-15(9-12)26-18(22(14)10-16(23)25-4)19-17(24)13-8-11(2)21(3)20-13/h6-9H,5,10H2,1-4H3. The molecule has 2 aromatic heterocycles. The number of esters is 1. The summed E-state index contributed by atoms with van der Waals surface area (Å²) < 4.78 is 9.09. The molecule has 3 aromatic rings. The lowest BCUT2D eigenvalue weighted by molar-refractivity contribution is -0.141. The molecule has 136 valence electrons. The number of carbonyl (C=O) groups excluding carboxylic acids is 2. The van der Waals surface area contributed by atoms with Crippen LogP contribution in [0.2, 0.25) is 0 Å². The number of amides is 1. The van der Waals surface area contributed by atoms with Gasteiger partial charge in [-0.1, -0.05) is 24.3 Å². The second kappa shape index (κ2) is 7.25. The van der Waals surface area contributed by atoms with Crippen LogP contribution >= 0.6 is 11.3 Å². The third-order valence-corrected chi connectivity index (χ3v) is 5.24. The van der Waals surface area contributed by atoms with Crippen LogP contribution in [0.25, 0.3) is 10.2 Å². The van der Waals surface area contributed by atoms with Gasteiger partial charge in [0.05, 0.1) is 17.3 Å². The number of carbonyl (C=O) groups is 2.